The predicted octanol–water partition coefficient (Wildman–Crippen LogP) is 2.67. The summed E-state index contributed by atoms with van der Waals surface area (Å²) in [6.45, 7) is 1.75. The number of nitrogens with two attached hydrogens (primary N) is 1. The van der Waals surface area contributed by atoms with Crippen LogP contribution >= 0.6 is 0 Å². The Morgan fingerprint density at radius 2 is 2.07 bits per heavy atom. The van der Waals surface area contributed by atoms with Crippen LogP contribution in [0.15, 0.2) is 41.4 Å². The van der Waals surface area contributed by atoms with E-state index in [-0.39, 0.29) is 23.0 Å². The average molecular weight is 412 g/mol. The zero-order valence-electron chi connectivity index (χ0n) is 16.7. The largest absolute Gasteiger partial charge is 0.495 e. The van der Waals surface area contributed by atoms with Gasteiger partial charge >= 0.3 is 5.97 Å². The normalized spacial score (nSPS) is 24.7. The molecule has 2 aromatic rings. The molecule has 1 amide bonds. The maximum atomic E-state index is 14.8. The van der Waals surface area contributed by atoms with E-state index >= 15 is 0 Å². The second-order valence-electron chi connectivity index (χ2n) is 7.74. The standard InChI is InChI=1S/C21H21FN4O4/c1-20-10-21(20,25-19(23)26(2)18(20)29)13-9-12(5-6-14(13)22)24-15-8-11(17(27)28)4-7-16(15)30-3/h4-9,24H,10H2,1-3H3,(H2,23,25)(H,27,28)/t20?,21-/m1/s1. The summed E-state index contributed by atoms with van der Waals surface area (Å²) in [5.41, 5.74) is 5.22. The molecule has 2 aliphatic rings. The Morgan fingerprint density at radius 3 is 2.73 bits per heavy atom. The van der Waals surface area contributed by atoms with Crippen LogP contribution in [-0.4, -0.2) is 42.0 Å². The van der Waals surface area contributed by atoms with Crippen LogP contribution in [-0.2, 0) is 10.3 Å². The van der Waals surface area contributed by atoms with Gasteiger partial charge in [-0.25, -0.2) is 14.2 Å². The van der Waals surface area contributed by atoms with Crippen LogP contribution in [0.5, 0.6) is 5.75 Å². The number of anilines is 2. The van der Waals surface area contributed by atoms with E-state index in [0.717, 1.165) is 0 Å². The number of ether oxygens (including phenoxy) is 1. The molecule has 1 aliphatic carbocycles. The first kappa shape index (κ1) is 19.7. The number of carbonyl (C=O) groups is 2. The van der Waals surface area contributed by atoms with Crippen molar-refractivity contribution in [1.29, 1.82) is 0 Å². The molecular weight excluding hydrogens is 391 g/mol. The van der Waals surface area contributed by atoms with Crippen LogP contribution in [0.1, 0.15) is 29.3 Å². The average Bonchev–Trinajstić information content (AvgIpc) is 3.34. The van der Waals surface area contributed by atoms with Crippen molar-refractivity contribution in [3.05, 3.63) is 53.3 Å². The van der Waals surface area contributed by atoms with E-state index in [2.05, 4.69) is 10.3 Å². The minimum Gasteiger partial charge on any atom is -0.495 e. The molecule has 0 radical (unpaired) electrons. The van der Waals surface area contributed by atoms with Crippen molar-refractivity contribution >= 4 is 29.2 Å². The summed E-state index contributed by atoms with van der Waals surface area (Å²) in [4.78, 5) is 29.8. The number of amides is 1. The first-order valence-electron chi connectivity index (χ1n) is 9.25. The topological polar surface area (TPSA) is 117 Å². The molecule has 1 saturated carbocycles. The van der Waals surface area contributed by atoms with Crippen LogP contribution in [0, 0.1) is 11.2 Å². The van der Waals surface area contributed by atoms with Gasteiger partial charge in [0.25, 0.3) is 0 Å². The molecule has 4 N–H and O–H groups in total. The summed E-state index contributed by atoms with van der Waals surface area (Å²) in [5.74, 6) is -1.31. The van der Waals surface area contributed by atoms with Gasteiger partial charge in [0.15, 0.2) is 5.96 Å². The van der Waals surface area contributed by atoms with Gasteiger partial charge in [-0.3, -0.25) is 9.69 Å². The molecule has 1 unspecified atom stereocenters. The number of aliphatic imine (C=N–C) groups is 1. The first-order chi connectivity index (χ1) is 14.1. The highest BCUT2D eigenvalue weighted by Gasteiger charge is 2.74. The molecule has 2 atom stereocenters. The molecule has 8 nitrogen and oxygen atoms in total. The van der Waals surface area contributed by atoms with Gasteiger partial charge in [-0.1, -0.05) is 0 Å². The van der Waals surface area contributed by atoms with E-state index in [1.165, 1.54) is 42.3 Å². The minimum atomic E-state index is -1.08. The van der Waals surface area contributed by atoms with Crippen molar-refractivity contribution < 1.29 is 23.8 Å². The van der Waals surface area contributed by atoms with Gasteiger partial charge in [0.05, 0.1) is 23.8 Å². The molecule has 1 aliphatic heterocycles. The fraction of sp³-hybridized carbons (Fsp3) is 0.286. The highest BCUT2D eigenvalue weighted by atomic mass is 19.1. The Balaban J connectivity index is 1.76. The van der Waals surface area contributed by atoms with Gasteiger partial charge in [-0.15, -0.1) is 0 Å². The minimum absolute atomic E-state index is 0.0450. The number of methoxy groups -OCH3 is 1. The number of fused-ring (bicyclic) bond motifs is 1. The number of carboxylic acid groups (broad SMARTS) is 1. The zero-order valence-corrected chi connectivity index (χ0v) is 16.7. The van der Waals surface area contributed by atoms with Crippen LogP contribution in [0.25, 0.3) is 0 Å². The lowest BCUT2D eigenvalue weighted by Crippen LogP contribution is -2.48. The van der Waals surface area contributed by atoms with Gasteiger partial charge < -0.3 is 20.9 Å². The Hall–Kier alpha value is -3.62. The molecule has 2 aromatic carbocycles. The summed E-state index contributed by atoms with van der Waals surface area (Å²) < 4.78 is 20.1. The molecule has 0 spiro atoms. The van der Waals surface area contributed by atoms with Gasteiger partial charge in [0.2, 0.25) is 5.91 Å². The van der Waals surface area contributed by atoms with E-state index in [9.17, 15) is 19.1 Å². The summed E-state index contributed by atoms with van der Waals surface area (Å²) in [5, 5.41) is 12.3. The number of nitrogens with zero attached hydrogens (tertiary/aromatic N) is 2. The monoisotopic (exact) mass is 412 g/mol. The number of hydrogen-bond donors (Lipinski definition) is 3. The number of aromatic carboxylic acids is 1. The van der Waals surface area contributed by atoms with E-state index in [4.69, 9.17) is 10.5 Å². The van der Waals surface area contributed by atoms with Crippen LogP contribution in [0.3, 0.4) is 0 Å². The molecular formula is C21H21FN4O4. The lowest BCUT2D eigenvalue weighted by Gasteiger charge is -2.30. The lowest BCUT2D eigenvalue weighted by molar-refractivity contribution is -0.132. The molecule has 30 heavy (non-hydrogen) atoms. The fourth-order valence-corrected chi connectivity index (χ4v) is 4.09. The fourth-order valence-electron chi connectivity index (χ4n) is 4.09. The van der Waals surface area contributed by atoms with Gasteiger partial charge in [0.1, 0.15) is 17.1 Å². The molecule has 0 aromatic heterocycles. The maximum Gasteiger partial charge on any atom is 0.335 e. The van der Waals surface area contributed by atoms with Crippen molar-refractivity contribution in [1.82, 2.24) is 4.90 Å². The van der Waals surface area contributed by atoms with Crippen LogP contribution < -0.4 is 15.8 Å². The van der Waals surface area contributed by atoms with Crippen LogP contribution in [0.2, 0.25) is 0 Å². The Morgan fingerprint density at radius 1 is 1.33 bits per heavy atom. The highest BCUT2D eigenvalue weighted by molar-refractivity contribution is 6.04. The van der Waals surface area contributed by atoms with Gasteiger partial charge in [-0.05, 0) is 49.7 Å². The second kappa shape index (κ2) is 6.45. The van der Waals surface area contributed by atoms with Gasteiger partial charge in [0, 0.05) is 18.3 Å². The molecule has 156 valence electrons. The Labute approximate surface area is 172 Å². The third-order valence-electron chi connectivity index (χ3n) is 5.96. The van der Waals surface area contributed by atoms with Gasteiger partial charge in [-0.2, -0.15) is 0 Å². The number of halogens is 1. The van der Waals surface area contributed by atoms with E-state index in [0.29, 0.717) is 23.5 Å². The van der Waals surface area contributed by atoms with Crippen molar-refractivity contribution in [2.24, 2.45) is 16.1 Å². The number of hydrogen-bond acceptors (Lipinski definition) is 6. The van der Waals surface area contributed by atoms with Crippen molar-refractivity contribution in [2.75, 3.05) is 19.5 Å². The quantitative estimate of drug-likeness (QED) is 0.695. The Kier molecular flexibility index (Phi) is 4.23. The van der Waals surface area contributed by atoms with E-state index in [1.54, 1.807) is 20.0 Å². The predicted molar refractivity (Wildman–Crippen MR) is 108 cm³/mol. The van der Waals surface area contributed by atoms with Crippen LogP contribution in [0.4, 0.5) is 15.8 Å². The second-order valence-corrected chi connectivity index (χ2v) is 7.74. The third kappa shape index (κ3) is 2.69. The molecule has 0 bridgehead atoms. The summed E-state index contributed by atoms with van der Waals surface area (Å²) in [6.07, 6.45) is 0.349. The number of carbonyl (C=O) groups excluding carboxylic acids is 1. The number of benzene rings is 2. The highest BCUT2D eigenvalue weighted by Crippen LogP contribution is 2.68. The summed E-state index contributed by atoms with van der Waals surface area (Å²) >= 11 is 0. The van der Waals surface area contributed by atoms with E-state index < -0.39 is 22.7 Å². The molecule has 1 fully saturated rings. The number of rotatable bonds is 5. The molecule has 9 heteroatoms. The summed E-state index contributed by atoms with van der Waals surface area (Å²) in [6, 6.07) is 8.77. The van der Waals surface area contributed by atoms with E-state index in [1.807, 2.05) is 0 Å². The SMILES string of the molecule is COc1ccc(C(=O)O)cc1Nc1ccc(F)c([C@]23CC2(C)C(=O)N(C)C(N)=N3)c1. The smallest absolute Gasteiger partial charge is 0.335 e. The third-order valence-corrected chi connectivity index (χ3v) is 5.96. The zero-order chi connectivity index (χ0) is 21.8. The Bertz CT molecular complexity index is 1120. The first-order valence-corrected chi connectivity index (χ1v) is 9.25. The lowest BCUT2D eigenvalue weighted by atomic mass is 9.92. The number of nitrogens with one attached hydrogen (secondary N) is 1. The molecule has 1 heterocycles. The van der Waals surface area contributed by atoms with Crippen molar-refractivity contribution in [2.45, 2.75) is 18.9 Å². The molecule has 4 rings (SSSR count). The molecule has 0 saturated heterocycles. The number of carboxylic acids is 1. The van der Waals surface area contributed by atoms with Crippen molar-refractivity contribution in [3.63, 3.8) is 0 Å². The maximum absolute atomic E-state index is 14.8. The number of guanidine groups is 1. The van der Waals surface area contributed by atoms with Crippen molar-refractivity contribution in [3.8, 4) is 5.75 Å². The summed E-state index contributed by atoms with van der Waals surface area (Å²) in [7, 11) is 3.01.